The predicted octanol–water partition coefficient (Wildman–Crippen LogP) is 3.23. The van der Waals surface area contributed by atoms with Crippen molar-refractivity contribution in [2.24, 2.45) is 0 Å². The van der Waals surface area contributed by atoms with Crippen LogP contribution in [0.5, 0.6) is 0 Å². The van der Waals surface area contributed by atoms with Gasteiger partial charge in [0.1, 0.15) is 0 Å². The largest absolute Gasteiger partial charge is 0.313 e. The molecule has 0 radical (unpaired) electrons. The number of likely N-dealkylation sites (N-methyl/N-ethyl adjacent to an activating group) is 1. The highest BCUT2D eigenvalue weighted by Gasteiger charge is 2.65. The van der Waals surface area contributed by atoms with E-state index in [1.807, 2.05) is 0 Å². The van der Waals surface area contributed by atoms with Crippen molar-refractivity contribution in [3.8, 4) is 0 Å². The molecule has 2 aliphatic carbocycles. The third-order valence-corrected chi connectivity index (χ3v) is 4.77. The average molecular weight is 266 g/mol. The van der Waals surface area contributed by atoms with Crippen LogP contribution < -0.4 is 5.32 Å². The second-order valence-electron chi connectivity index (χ2n) is 4.92. The molecule has 0 saturated heterocycles. The third-order valence-electron chi connectivity index (χ3n) is 4.27. The van der Waals surface area contributed by atoms with E-state index >= 15 is 0 Å². The molecule has 0 heterocycles. The minimum atomic E-state index is 0.424. The highest BCUT2D eigenvalue weighted by atomic mass is 79.9. The van der Waals surface area contributed by atoms with Crippen LogP contribution in [0.25, 0.3) is 0 Å². The minimum absolute atomic E-state index is 0.424. The zero-order valence-electron chi connectivity index (χ0n) is 9.02. The first-order valence-electron chi connectivity index (χ1n) is 5.67. The van der Waals surface area contributed by atoms with E-state index in [1.54, 1.807) is 0 Å². The molecule has 2 heteroatoms. The van der Waals surface area contributed by atoms with Crippen LogP contribution in [0, 0.1) is 0 Å². The summed E-state index contributed by atoms with van der Waals surface area (Å²) >= 11 is 3.57. The molecule has 3 rings (SSSR count). The standard InChI is InChI=1S/C13H16BrN/c1-15-13(7-8-13)12(5-6-12)10-3-2-4-11(14)9-10/h2-4,9,15H,5-8H2,1H3. The Bertz CT molecular complexity index is 391. The van der Waals surface area contributed by atoms with E-state index in [4.69, 9.17) is 0 Å². The van der Waals surface area contributed by atoms with Gasteiger partial charge in [0.2, 0.25) is 0 Å². The lowest BCUT2D eigenvalue weighted by molar-refractivity contribution is 0.426. The Balaban J connectivity index is 2.00. The van der Waals surface area contributed by atoms with Crippen LogP contribution in [0.15, 0.2) is 28.7 Å². The molecular formula is C13H16BrN. The summed E-state index contributed by atoms with van der Waals surface area (Å²) in [6.45, 7) is 0. The van der Waals surface area contributed by atoms with E-state index in [-0.39, 0.29) is 0 Å². The second kappa shape index (κ2) is 3.08. The van der Waals surface area contributed by atoms with Crippen molar-refractivity contribution >= 4 is 15.9 Å². The summed E-state index contributed by atoms with van der Waals surface area (Å²) in [5, 5.41) is 3.56. The number of rotatable bonds is 3. The van der Waals surface area contributed by atoms with Crippen LogP contribution in [0.3, 0.4) is 0 Å². The Morgan fingerprint density at radius 2 is 1.93 bits per heavy atom. The molecule has 15 heavy (non-hydrogen) atoms. The van der Waals surface area contributed by atoms with Gasteiger partial charge < -0.3 is 5.32 Å². The number of halogens is 1. The molecule has 0 spiro atoms. The Morgan fingerprint density at radius 1 is 1.20 bits per heavy atom. The molecule has 1 nitrogen and oxygen atoms in total. The quantitative estimate of drug-likeness (QED) is 0.885. The maximum absolute atomic E-state index is 3.57. The fourth-order valence-electron chi connectivity index (χ4n) is 3.05. The molecule has 0 amide bonds. The number of hydrogen-bond acceptors (Lipinski definition) is 1. The number of benzene rings is 1. The van der Waals surface area contributed by atoms with Crippen molar-refractivity contribution in [2.75, 3.05) is 7.05 Å². The molecule has 0 aliphatic heterocycles. The molecular weight excluding hydrogens is 250 g/mol. The number of hydrogen-bond donors (Lipinski definition) is 1. The van der Waals surface area contributed by atoms with Crippen LogP contribution in [-0.2, 0) is 5.41 Å². The average Bonchev–Trinajstić information content (AvgIpc) is 3.12. The fraction of sp³-hybridized carbons (Fsp3) is 0.538. The molecule has 2 saturated carbocycles. The molecule has 2 fully saturated rings. The van der Waals surface area contributed by atoms with Gasteiger partial charge in [0.25, 0.3) is 0 Å². The zero-order chi connectivity index (χ0) is 10.5. The van der Waals surface area contributed by atoms with Gasteiger partial charge in [-0.05, 0) is 50.4 Å². The maximum atomic E-state index is 3.57. The van der Waals surface area contributed by atoms with E-state index in [1.165, 1.54) is 35.7 Å². The van der Waals surface area contributed by atoms with Gasteiger partial charge in [-0.3, -0.25) is 0 Å². The maximum Gasteiger partial charge on any atom is 0.0276 e. The first-order valence-corrected chi connectivity index (χ1v) is 6.47. The minimum Gasteiger partial charge on any atom is -0.313 e. The topological polar surface area (TPSA) is 12.0 Å². The van der Waals surface area contributed by atoms with Gasteiger partial charge in [0.15, 0.2) is 0 Å². The van der Waals surface area contributed by atoms with Crippen molar-refractivity contribution in [1.29, 1.82) is 0 Å². The Labute approximate surface area is 99.4 Å². The van der Waals surface area contributed by atoms with Gasteiger partial charge in [-0.25, -0.2) is 0 Å². The molecule has 80 valence electrons. The summed E-state index contributed by atoms with van der Waals surface area (Å²) in [5.41, 5.74) is 2.39. The molecule has 2 aliphatic rings. The molecule has 0 unspecified atom stereocenters. The van der Waals surface area contributed by atoms with Crippen molar-refractivity contribution in [3.63, 3.8) is 0 Å². The Morgan fingerprint density at radius 3 is 2.40 bits per heavy atom. The highest BCUT2D eigenvalue weighted by Crippen LogP contribution is 2.64. The lowest BCUT2D eigenvalue weighted by Gasteiger charge is -2.27. The molecule has 1 N–H and O–H groups in total. The van der Waals surface area contributed by atoms with Crippen LogP contribution in [0.4, 0.5) is 0 Å². The zero-order valence-corrected chi connectivity index (χ0v) is 10.6. The first kappa shape index (κ1) is 9.86. The summed E-state index contributed by atoms with van der Waals surface area (Å²) in [7, 11) is 2.12. The van der Waals surface area contributed by atoms with Gasteiger partial charge in [-0.15, -0.1) is 0 Å². The summed E-state index contributed by atoms with van der Waals surface area (Å²) in [6.07, 6.45) is 5.39. The van der Waals surface area contributed by atoms with Crippen LogP contribution in [-0.4, -0.2) is 12.6 Å². The normalized spacial score (nSPS) is 24.9. The predicted molar refractivity (Wildman–Crippen MR) is 66.1 cm³/mol. The van der Waals surface area contributed by atoms with Gasteiger partial charge in [0, 0.05) is 15.4 Å². The van der Waals surface area contributed by atoms with Gasteiger partial charge >= 0.3 is 0 Å². The van der Waals surface area contributed by atoms with Crippen LogP contribution in [0.1, 0.15) is 31.2 Å². The smallest absolute Gasteiger partial charge is 0.0276 e. The summed E-state index contributed by atoms with van der Waals surface area (Å²) < 4.78 is 1.21. The fourth-order valence-corrected chi connectivity index (χ4v) is 3.45. The van der Waals surface area contributed by atoms with Crippen molar-refractivity contribution in [2.45, 2.75) is 36.6 Å². The molecule has 0 bridgehead atoms. The van der Waals surface area contributed by atoms with E-state index in [9.17, 15) is 0 Å². The SMILES string of the molecule is CNC1(C2(c3cccc(Br)c3)CC2)CC1. The van der Waals surface area contributed by atoms with Crippen molar-refractivity contribution in [3.05, 3.63) is 34.3 Å². The molecule has 0 aromatic heterocycles. The van der Waals surface area contributed by atoms with Crippen molar-refractivity contribution < 1.29 is 0 Å². The summed E-state index contributed by atoms with van der Waals surface area (Å²) in [4.78, 5) is 0. The summed E-state index contributed by atoms with van der Waals surface area (Å²) in [6, 6.07) is 8.85. The van der Waals surface area contributed by atoms with E-state index in [0.717, 1.165) is 0 Å². The lowest BCUT2D eigenvalue weighted by atomic mass is 9.86. The third kappa shape index (κ3) is 1.31. The Hall–Kier alpha value is -0.340. The number of nitrogens with one attached hydrogen (secondary N) is 1. The van der Waals surface area contributed by atoms with Gasteiger partial charge in [-0.2, -0.15) is 0 Å². The van der Waals surface area contributed by atoms with Gasteiger partial charge in [-0.1, -0.05) is 28.1 Å². The van der Waals surface area contributed by atoms with E-state index in [2.05, 4.69) is 52.6 Å². The molecule has 1 aromatic carbocycles. The molecule has 0 atom stereocenters. The van der Waals surface area contributed by atoms with Gasteiger partial charge in [0.05, 0.1) is 0 Å². The highest BCUT2D eigenvalue weighted by molar-refractivity contribution is 9.10. The van der Waals surface area contributed by atoms with E-state index in [0.29, 0.717) is 11.0 Å². The first-order chi connectivity index (χ1) is 7.22. The summed E-state index contributed by atoms with van der Waals surface area (Å²) in [5.74, 6) is 0. The van der Waals surface area contributed by atoms with Crippen LogP contribution in [0.2, 0.25) is 0 Å². The molecule has 1 aromatic rings. The van der Waals surface area contributed by atoms with E-state index < -0.39 is 0 Å². The second-order valence-corrected chi connectivity index (χ2v) is 5.84. The monoisotopic (exact) mass is 265 g/mol. The lowest BCUT2D eigenvalue weighted by Crippen LogP contribution is -2.40. The van der Waals surface area contributed by atoms with Crippen molar-refractivity contribution in [1.82, 2.24) is 5.32 Å². The Kier molecular flexibility index (Phi) is 2.02. The van der Waals surface area contributed by atoms with Crippen LogP contribution >= 0.6 is 15.9 Å².